The van der Waals surface area contributed by atoms with Crippen molar-refractivity contribution in [1.82, 2.24) is 0 Å². The first kappa shape index (κ1) is 22.8. The number of esters is 1. The smallest absolute Gasteiger partial charge is 0.487 e. The van der Waals surface area contributed by atoms with Gasteiger partial charge in [-0.2, -0.15) is 17.2 Å². The van der Waals surface area contributed by atoms with Gasteiger partial charge >= 0.3 is 64.2 Å². The zero-order valence-electron chi connectivity index (χ0n) is 16.6. The van der Waals surface area contributed by atoms with Crippen molar-refractivity contribution in [3.05, 3.63) is 35.8 Å². The number of benzene rings is 1. The van der Waals surface area contributed by atoms with Gasteiger partial charge in [-0.15, -0.1) is 0 Å². The van der Waals surface area contributed by atoms with E-state index in [9.17, 15) is 13.6 Å². The van der Waals surface area contributed by atoms with Crippen molar-refractivity contribution in [2.75, 3.05) is 0 Å². The van der Waals surface area contributed by atoms with Gasteiger partial charge < -0.3 is 15.9 Å². The molecule has 1 aromatic carbocycles. The molecule has 0 radical (unpaired) electrons. The fourth-order valence-electron chi connectivity index (χ4n) is 4.74. The average molecular weight is 463 g/mol. The first-order valence-corrected chi connectivity index (χ1v) is 10.3. The van der Waals surface area contributed by atoms with Crippen molar-refractivity contribution in [3.63, 3.8) is 0 Å². The number of carbonyl (C=O) groups is 1. The average Bonchev–Trinajstić information content (AvgIpc) is 2.71. The van der Waals surface area contributed by atoms with E-state index in [0.29, 0.717) is 6.42 Å². The van der Waals surface area contributed by atoms with Crippen molar-refractivity contribution in [1.29, 1.82) is 0 Å². The van der Waals surface area contributed by atoms with E-state index in [1.807, 2.05) is 0 Å². The molecule has 2 saturated carbocycles. The molecule has 4 rings (SSSR count). The Morgan fingerprint density at radius 1 is 1.04 bits per heavy atom. The third-order valence-corrected chi connectivity index (χ3v) is 6.40. The topological polar surface area (TPSA) is 35.5 Å². The Labute approximate surface area is 214 Å². The van der Waals surface area contributed by atoms with Gasteiger partial charge in [-0.05, 0) is 68.9 Å². The predicted molar refractivity (Wildman–Crippen MR) is 97.2 cm³/mol. The van der Waals surface area contributed by atoms with Crippen LogP contribution in [0.15, 0.2) is 12.1 Å². The van der Waals surface area contributed by atoms with Gasteiger partial charge in [-0.25, -0.2) is 4.39 Å². The number of aryl methyl sites for hydroxylation is 1. The Kier molecular flexibility index (Phi) is 8.52. The molecule has 0 saturated heterocycles. The Morgan fingerprint density at radius 2 is 1.75 bits per heavy atom. The molecule has 1 aliphatic heterocycles. The second kappa shape index (κ2) is 10.5. The standard InChI is InChI=1S/C22H27F2O3.Rb/c23-18-12-10-15-11-13-19(27-21(15)20(18)24)14-6-8-16(9-7-14)22(25)26-17-4-2-1-3-5-17;/h1,10,12,14,16-17,19H,2-9,11,13H2;/q-1;+1. The largest absolute Gasteiger partial charge is 1.00 e. The summed E-state index contributed by atoms with van der Waals surface area (Å²) in [5.41, 5.74) is 0.743. The van der Waals surface area contributed by atoms with Gasteiger partial charge in [0.1, 0.15) is 6.10 Å². The predicted octanol–water partition coefficient (Wildman–Crippen LogP) is 2.16. The van der Waals surface area contributed by atoms with E-state index in [4.69, 9.17) is 9.47 Å². The zero-order chi connectivity index (χ0) is 18.8. The Bertz CT molecular complexity index is 683. The van der Waals surface area contributed by atoms with Crippen LogP contribution in [0.2, 0.25) is 0 Å². The number of carbonyl (C=O) groups excluding carboxylic acids is 1. The van der Waals surface area contributed by atoms with Gasteiger partial charge in [0.15, 0.2) is 11.6 Å². The van der Waals surface area contributed by atoms with Crippen molar-refractivity contribution in [3.8, 4) is 5.75 Å². The van der Waals surface area contributed by atoms with E-state index in [1.165, 1.54) is 6.07 Å². The number of fused-ring (bicyclic) bond motifs is 1. The molecule has 0 spiro atoms. The molecule has 6 heteroatoms. The second-order valence-electron chi connectivity index (χ2n) is 8.16. The molecule has 1 heterocycles. The van der Waals surface area contributed by atoms with Crippen LogP contribution in [0.4, 0.5) is 8.78 Å². The number of hydrogen-bond donors (Lipinski definition) is 0. The normalized spacial score (nSPS) is 27.9. The number of halogens is 2. The maximum atomic E-state index is 14.1. The number of hydrogen-bond acceptors (Lipinski definition) is 3. The molecule has 28 heavy (non-hydrogen) atoms. The van der Waals surface area contributed by atoms with Crippen LogP contribution >= 0.6 is 0 Å². The monoisotopic (exact) mass is 462 g/mol. The molecule has 0 N–H and O–H groups in total. The summed E-state index contributed by atoms with van der Waals surface area (Å²) in [5, 5.41) is 0. The molecule has 3 aliphatic rings. The van der Waals surface area contributed by atoms with Crippen molar-refractivity contribution >= 4 is 5.97 Å². The van der Waals surface area contributed by atoms with Crippen LogP contribution in [-0.4, -0.2) is 18.2 Å². The minimum atomic E-state index is -0.876. The molecule has 0 aromatic heterocycles. The molecule has 2 aliphatic carbocycles. The minimum absolute atomic E-state index is 0. The molecule has 0 amide bonds. The number of rotatable bonds is 3. The summed E-state index contributed by atoms with van der Waals surface area (Å²) in [7, 11) is 0. The quantitative estimate of drug-likeness (QED) is 0.510. The maximum absolute atomic E-state index is 14.1. The van der Waals surface area contributed by atoms with Crippen molar-refractivity contribution in [2.24, 2.45) is 11.8 Å². The molecule has 148 valence electrons. The summed E-state index contributed by atoms with van der Waals surface area (Å²) >= 11 is 0. The van der Waals surface area contributed by atoms with Crippen molar-refractivity contribution < 1.29 is 81.2 Å². The van der Waals surface area contributed by atoms with E-state index in [1.54, 1.807) is 6.07 Å². The van der Waals surface area contributed by atoms with Gasteiger partial charge in [-0.1, -0.05) is 6.07 Å². The van der Waals surface area contributed by atoms with E-state index < -0.39 is 11.6 Å². The molecule has 3 nitrogen and oxygen atoms in total. The van der Waals surface area contributed by atoms with E-state index in [2.05, 4.69) is 6.42 Å². The first-order valence-electron chi connectivity index (χ1n) is 10.3. The van der Waals surface area contributed by atoms with Gasteiger partial charge in [0.25, 0.3) is 0 Å². The summed E-state index contributed by atoms with van der Waals surface area (Å²) in [6.45, 7) is 0. The molecule has 2 fully saturated rings. The van der Waals surface area contributed by atoms with E-state index >= 15 is 0 Å². The van der Waals surface area contributed by atoms with Crippen LogP contribution in [0.5, 0.6) is 5.75 Å². The Balaban J connectivity index is 0.00000225. The minimum Gasteiger partial charge on any atom is -0.487 e. The third kappa shape index (κ3) is 5.25. The van der Waals surface area contributed by atoms with Gasteiger partial charge in [0.2, 0.25) is 5.82 Å². The van der Waals surface area contributed by atoms with Gasteiger partial charge in [0, 0.05) is 0 Å². The first-order chi connectivity index (χ1) is 13.1. The summed E-state index contributed by atoms with van der Waals surface area (Å²) < 4.78 is 39.1. The summed E-state index contributed by atoms with van der Waals surface area (Å²) in [6.07, 6.45) is 11.0. The molecule has 0 bridgehead atoms. The Hall–Kier alpha value is 0.155. The van der Waals surface area contributed by atoms with Crippen LogP contribution in [0.1, 0.15) is 63.4 Å². The van der Waals surface area contributed by atoms with Crippen LogP contribution in [0.25, 0.3) is 0 Å². The SMILES string of the molecule is O=C(OC1CC[CH-]CC1)C1CCC(C2CCc3ccc(F)c(F)c3O2)CC1.[Rb+]. The van der Waals surface area contributed by atoms with Crippen LogP contribution in [0.3, 0.4) is 0 Å². The summed E-state index contributed by atoms with van der Waals surface area (Å²) in [4.78, 5) is 12.4. The molecule has 1 unspecified atom stereocenters. The van der Waals surface area contributed by atoms with E-state index in [-0.39, 0.29) is 94.0 Å². The molecular formula is C22H27F2O3Rb. The van der Waals surface area contributed by atoms with E-state index in [0.717, 1.165) is 63.4 Å². The molecule has 1 aromatic rings. The molecular weight excluding hydrogens is 436 g/mol. The fourth-order valence-corrected chi connectivity index (χ4v) is 4.74. The van der Waals surface area contributed by atoms with Crippen LogP contribution in [-0.2, 0) is 16.0 Å². The number of ether oxygens (including phenoxy) is 2. The maximum Gasteiger partial charge on any atom is 1.00 e. The summed E-state index contributed by atoms with van der Waals surface area (Å²) in [6, 6.07) is 2.78. The van der Waals surface area contributed by atoms with Crippen LogP contribution < -0.4 is 62.9 Å². The third-order valence-electron chi connectivity index (χ3n) is 6.40. The molecule has 1 atom stereocenters. The van der Waals surface area contributed by atoms with Crippen molar-refractivity contribution in [2.45, 2.75) is 76.4 Å². The van der Waals surface area contributed by atoms with Gasteiger partial charge in [-0.3, -0.25) is 4.79 Å². The zero-order valence-corrected chi connectivity index (χ0v) is 21.5. The van der Waals surface area contributed by atoms with Gasteiger partial charge in [0.05, 0.1) is 12.0 Å². The fraction of sp³-hybridized carbons (Fsp3) is 0.636. The van der Waals surface area contributed by atoms with Crippen LogP contribution in [0, 0.1) is 29.9 Å². The second-order valence-corrected chi connectivity index (χ2v) is 8.16. The summed E-state index contributed by atoms with van der Waals surface area (Å²) in [5.74, 6) is -1.45. The Morgan fingerprint density at radius 3 is 2.46 bits per heavy atom.